The van der Waals surface area contributed by atoms with Gasteiger partial charge >= 0.3 is 6.36 Å². The second-order valence-electron chi connectivity index (χ2n) is 8.21. The Morgan fingerprint density at radius 3 is 2.08 bits per heavy atom. The van der Waals surface area contributed by atoms with Crippen molar-refractivity contribution in [3.05, 3.63) is 84.4 Å². The summed E-state index contributed by atoms with van der Waals surface area (Å²) >= 11 is 0. The SMILES string of the molecule is CCOc1ccc(N2C(=O)[C@H]3[C@@H](ON(c4ccccc4)[C@H]3c3ccc(OC(F)(F)F)cc3)C2=O)cc1. The zero-order chi connectivity index (χ0) is 25.4. The maximum atomic E-state index is 13.6. The number of fused-ring (bicyclic) bond motifs is 1. The molecule has 36 heavy (non-hydrogen) atoms. The van der Waals surface area contributed by atoms with Crippen LogP contribution in [0.15, 0.2) is 78.9 Å². The number of imide groups is 1. The molecule has 3 atom stereocenters. The van der Waals surface area contributed by atoms with Crippen LogP contribution >= 0.6 is 0 Å². The van der Waals surface area contributed by atoms with Crippen LogP contribution in [0, 0.1) is 5.92 Å². The summed E-state index contributed by atoms with van der Waals surface area (Å²) in [6.07, 6.45) is -5.93. The number of anilines is 2. The van der Waals surface area contributed by atoms with Crippen LogP contribution in [0.5, 0.6) is 11.5 Å². The van der Waals surface area contributed by atoms with E-state index in [0.29, 0.717) is 29.3 Å². The average molecular weight is 498 g/mol. The summed E-state index contributed by atoms with van der Waals surface area (Å²) in [5.41, 5.74) is 1.47. The van der Waals surface area contributed by atoms with Crippen molar-refractivity contribution in [1.82, 2.24) is 0 Å². The number of hydrogen-bond acceptors (Lipinski definition) is 6. The minimum absolute atomic E-state index is 0.380. The molecule has 0 bridgehead atoms. The lowest BCUT2D eigenvalue weighted by Crippen LogP contribution is -2.37. The van der Waals surface area contributed by atoms with Gasteiger partial charge in [-0.2, -0.15) is 0 Å². The molecule has 3 aromatic carbocycles. The molecule has 2 fully saturated rings. The van der Waals surface area contributed by atoms with Crippen LogP contribution in [-0.2, 0) is 14.4 Å². The highest BCUT2D eigenvalue weighted by molar-refractivity contribution is 6.23. The van der Waals surface area contributed by atoms with E-state index in [0.717, 1.165) is 4.90 Å². The third-order valence-corrected chi connectivity index (χ3v) is 5.99. The molecule has 10 heteroatoms. The van der Waals surface area contributed by atoms with E-state index < -0.39 is 42.0 Å². The molecule has 2 heterocycles. The van der Waals surface area contributed by atoms with Crippen LogP contribution in [0.4, 0.5) is 24.5 Å². The van der Waals surface area contributed by atoms with Crippen LogP contribution in [0.2, 0.25) is 0 Å². The summed E-state index contributed by atoms with van der Waals surface area (Å²) in [6.45, 7) is 2.32. The predicted octanol–water partition coefficient (Wildman–Crippen LogP) is 5.04. The van der Waals surface area contributed by atoms with Crippen molar-refractivity contribution in [1.29, 1.82) is 0 Å². The number of amides is 2. The third kappa shape index (κ3) is 4.35. The number of rotatable bonds is 6. The fourth-order valence-electron chi connectivity index (χ4n) is 4.53. The van der Waals surface area contributed by atoms with Crippen molar-refractivity contribution in [3.63, 3.8) is 0 Å². The van der Waals surface area contributed by atoms with Gasteiger partial charge in [-0.1, -0.05) is 30.3 Å². The predicted molar refractivity (Wildman–Crippen MR) is 123 cm³/mol. The first-order valence-electron chi connectivity index (χ1n) is 11.2. The molecule has 0 radical (unpaired) electrons. The molecule has 0 saturated carbocycles. The third-order valence-electron chi connectivity index (χ3n) is 5.99. The zero-order valence-corrected chi connectivity index (χ0v) is 19.0. The van der Waals surface area contributed by atoms with Gasteiger partial charge in [0, 0.05) is 0 Å². The second-order valence-corrected chi connectivity index (χ2v) is 8.21. The number of benzene rings is 3. The van der Waals surface area contributed by atoms with Crippen molar-refractivity contribution in [2.24, 2.45) is 5.92 Å². The first-order valence-corrected chi connectivity index (χ1v) is 11.2. The van der Waals surface area contributed by atoms with Crippen molar-refractivity contribution in [2.45, 2.75) is 25.4 Å². The lowest BCUT2D eigenvalue weighted by Gasteiger charge is -2.29. The second kappa shape index (κ2) is 9.19. The van der Waals surface area contributed by atoms with E-state index in [2.05, 4.69) is 4.74 Å². The van der Waals surface area contributed by atoms with Gasteiger partial charge in [0.05, 0.1) is 24.0 Å². The number of alkyl halides is 3. The number of carbonyl (C=O) groups is 2. The van der Waals surface area contributed by atoms with Crippen LogP contribution in [0.25, 0.3) is 0 Å². The van der Waals surface area contributed by atoms with E-state index in [4.69, 9.17) is 9.57 Å². The molecular weight excluding hydrogens is 477 g/mol. The highest BCUT2D eigenvalue weighted by Crippen LogP contribution is 2.48. The fourth-order valence-corrected chi connectivity index (χ4v) is 4.53. The first kappa shape index (κ1) is 23.7. The Kier molecular flexibility index (Phi) is 6.05. The summed E-state index contributed by atoms with van der Waals surface area (Å²) in [5.74, 6) is -1.69. The van der Waals surface area contributed by atoms with Gasteiger partial charge in [0.15, 0.2) is 6.10 Å². The topological polar surface area (TPSA) is 68.3 Å². The Labute approximate surface area is 204 Å². The Bertz CT molecular complexity index is 1250. The zero-order valence-electron chi connectivity index (χ0n) is 19.0. The van der Waals surface area contributed by atoms with Gasteiger partial charge in [0.25, 0.3) is 5.91 Å². The van der Waals surface area contributed by atoms with E-state index >= 15 is 0 Å². The highest BCUT2D eigenvalue weighted by Gasteiger charge is 2.60. The smallest absolute Gasteiger partial charge is 0.494 e. The molecule has 3 aromatic rings. The lowest BCUT2D eigenvalue weighted by molar-refractivity contribution is -0.274. The van der Waals surface area contributed by atoms with Gasteiger partial charge in [0.2, 0.25) is 5.91 Å². The Hall–Kier alpha value is -4.05. The molecule has 5 rings (SSSR count). The minimum Gasteiger partial charge on any atom is -0.494 e. The summed E-state index contributed by atoms with van der Waals surface area (Å²) in [5, 5.41) is 1.47. The number of halogens is 3. The molecule has 2 aliphatic rings. The molecular formula is C26H21F3N2O5. The number of para-hydroxylation sites is 1. The molecule has 2 aliphatic heterocycles. The molecule has 2 amide bonds. The summed E-state index contributed by atoms with van der Waals surface area (Å²) < 4.78 is 47.3. The number of hydroxylamine groups is 1. The lowest BCUT2D eigenvalue weighted by atomic mass is 9.90. The quantitative estimate of drug-likeness (QED) is 0.444. The monoisotopic (exact) mass is 498 g/mol. The van der Waals surface area contributed by atoms with Gasteiger partial charge in [0.1, 0.15) is 17.4 Å². The molecule has 2 saturated heterocycles. The molecule has 186 valence electrons. The van der Waals surface area contributed by atoms with Crippen LogP contribution in [-0.4, -0.2) is 30.9 Å². The maximum absolute atomic E-state index is 13.6. The van der Waals surface area contributed by atoms with Gasteiger partial charge < -0.3 is 9.47 Å². The summed E-state index contributed by atoms with van der Waals surface area (Å²) in [7, 11) is 0. The van der Waals surface area contributed by atoms with Crippen molar-refractivity contribution >= 4 is 23.2 Å². The van der Waals surface area contributed by atoms with Crippen molar-refractivity contribution < 1.29 is 37.1 Å². The Balaban J connectivity index is 1.50. The highest BCUT2D eigenvalue weighted by atomic mass is 19.4. The molecule has 0 N–H and O–H groups in total. The van der Waals surface area contributed by atoms with Crippen LogP contribution in [0.1, 0.15) is 18.5 Å². The largest absolute Gasteiger partial charge is 0.573 e. The fraction of sp³-hybridized carbons (Fsp3) is 0.231. The number of nitrogens with zero attached hydrogens (tertiary/aromatic N) is 2. The molecule has 7 nitrogen and oxygen atoms in total. The average Bonchev–Trinajstić information content (AvgIpc) is 3.36. The van der Waals surface area contributed by atoms with Crippen LogP contribution < -0.4 is 19.4 Å². The molecule has 0 spiro atoms. The van der Waals surface area contributed by atoms with Gasteiger partial charge in [-0.3, -0.25) is 14.4 Å². The summed E-state index contributed by atoms with van der Waals surface area (Å²) in [4.78, 5) is 34.1. The van der Waals surface area contributed by atoms with E-state index in [1.54, 1.807) is 48.5 Å². The minimum atomic E-state index is -4.83. The summed E-state index contributed by atoms with van der Waals surface area (Å²) in [6, 6.07) is 19.9. The molecule has 0 unspecified atom stereocenters. The van der Waals surface area contributed by atoms with Crippen LogP contribution in [0.3, 0.4) is 0 Å². The maximum Gasteiger partial charge on any atom is 0.573 e. The molecule has 0 aromatic heterocycles. The normalized spacial score (nSPS) is 21.6. The van der Waals surface area contributed by atoms with Gasteiger partial charge in [-0.15, -0.1) is 13.2 Å². The number of hydrogen-bond donors (Lipinski definition) is 0. The van der Waals surface area contributed by atoms with E-state index in [1.807, 2.05) is 13.0 Å². The van der Waals surface area contributed by atoms with Crippen molar-refractivity contribution in [2.75, 3.05) is 16.6 Å². The van der Waals surface area contributed by atoms with Crippen molar-refractivity contribution in [3.8, 4) is 11.5 Å². The van der Waals surface area contributed by atoms with E-state index in [-0.39, 0.29) is 0 Å². The molecule has 0 aliphatic carbocycles. The Morgan fingerprint density at radius 1 is 0.833 bits per heavy atom. The first-order chi connectivity index (χ1) is 17.3. The van der Waals surface area contributed by atoms with Gasteiger partial charge in [-0.05, 0) is 61.0 Å². The number of carbonyl (C=O) groups excluding carboxylic acids is 2. The standard InChI is InChI=1S/C26H21F3N2O5/c1-2-34-19-14-10-17(11-15-19)30-24(32)21-22(16-8-12-20(13-9-16)35-26(27,28)29)31(36-23(21)25(30)33)18-6-4-3-5-7-18/h3-15,21-23H,2H2,1H3/t21-,22+,23-/m1/s1. The van der Waals surface area contributed by atoms with E-state index in [9.17, 15) is 22.8 Å². The van der Waals surface area contributed by atoms with Gasteiger partial charge in [-0.25, -0.2) is 9.96 Å². The van der Waals surface area contributed by atoms with E-state index in [1.165, 1.54) is 29.3 Å². The number of ether oxygens (including phenoxy) is 2. The Morgan fingerprint density at radius 2 is 1.47 bits per heavy atom.